The van der Waals surface area contributed by atoms with Crippen molar-refractivity contribution in [2.24, 2.45) is 5.41 Å². The number of halogens is 4. The van der Waals surface area contributed by atoms with Gasteiger partial charge in [-0.05, 0) is 29.7 Å². The van der Waals surface area contributed by atoms with Crippen LogP contribution in [-0.2, 0) is 20.7 Å². The highest BCUT2D eigenvalue weighted by Gasteiger charge is 2.53. The van der Waals surface area contributed by atoms with E-state index in [1.807, 2.05) is 0 Å². The topological polar surface area (TPSA) is 43.4 Å². The zero-order valence-corrected chi connectivity index (χ0v) is 12.7. The molecule has 2 rings (SSSR count). The number of carbonyl (C=O) groups excluding carboxylic acids is 2. The molecule has 3 nitrogen and oxygen atoms in total. The summed E-state index contributed by atoms with van der Waals surface area (Å²) in [5.74, 6) is -1.15. The fourth-order valence-corrected chi connectivity index (χ4v) is 2.36. The number of rotatable bonds is 4. The smallest absolute Gasteiger partial charge is 0.404 e. The minimum Gasteiger partial charge on any atom is -0.469 e. The highest BCUT2D eigenvalue weighted by atomic mass is 19.4. The maximum Gasteiger partial charge on any atom is 0.404 e. The number of methoxy groups -OCH3 is 1. The van der Waals surface area contributed by atoms with Gasteiger partial charge >= 0.3 is 12.1 Å². The van der Waals surface area contributed by atoms with E-state index in [1.165, 1.54) is 25.3 Å². The molecule has 0 spiro atoms. The first-order chi connectivity index (χ1) is 11.2. The lowest BCUT2D eigenvalue weighted by molar-refractivity contribution is -0.198. The number of allylic oxidation sites excluding steroid dienone is 4. The van der Waals surface area contributed by atoms with E-state index in [2.05, 4.69) is 4.74 Å². The largest absolute Gasteiger partial charge is 0.469 e. The number of aldehydes is 1. The highest BCUT2D eigenvalue weighted by molar-refractivity contribution is 5.80. The van der Waals surface area contributed by atoms with Crippen LogP contribution in [0.2, 0.25) is 0 Å². The number of hydrogen-bond acceptors (Lipinski definition) is 3. The van der Waals surface area contributed by atoms with Crippen LogP contribution >= 0.6 is 0 Å². The molecule has 0 radical (unpaired) electrons. The maximum atomic E-state index is 14.0. The van der Waals surface area contributed by atoms with E-state index in [4.69, 9.17) is 0 Å². The van der Waals surface area contributed by atoms with Crippen LogP contribution in [0.1, 0.15) is 17.5 Å². The number of benzene rings is 1. The molecular weight excluding hydrogens is 328 g/mol. The number of esters is 1. The van der Waals surface area contributed by atoms with Gasteiger partial charge in [0.15, 0.2) is 0 Å². The molecule has 128 valence electrons. The second-order valence-electron chi connectivity index (χ2n) is 5.42. The van der Waals surface area contributed by atoms with Crippen molar-refractivity contribution in [3.8, 4) is 0 Å². The van der Waals surface area contributed by atoms with Gasteiger partial charge in [-0.1, -0.05) is 24.3 Å². The molecule has 1 aromatic carbocycles. The average Bonchev–Trinajstić information content (AvgIpc) is 2.55. The summed E-state index contributed by atoms with van der Waals surface area (Å²) in [7, 11) is 1.22. The summed E-state index contributed by atoms with van der Waals surface area (Å²) in [5, 5.41) is 0. The molecule has 1 atom stereocenters. The summed E-state index contributed by atoms with van der Waals surface area (Å²) in [6.07, 6.45) is -2.58. The minimum atomic E-state index is -4.72. The fraction of sp³-hybridized carbons (Fsp3) is 0.294. The predicted molar refractivity (Wildman–Crippen MR) is 78.4 cm³/mol. The number of hydrogen-bond donors (Lipinski definition) is 0. The second-order valence-corrected chi connectivity index (χ2v) is 5.42. The normalized spacial score (nSPS) is 20.5. The van der Waals surface area contributed by atoms with Crippen LogP contribution in [0.5, 0.6) is 0 Å². The monoisotopic (exact) mass is 342 g/mol. The molecule has 1 aliphatic carbocycles. The lowest BCUT2D eigenvalue weighted by Crippen LogP contribution is -2.38. The van der Waals surface area contributed by atoms with Gasteiger partial charge in [-0.2, -0.15) is 13.2 Å². The van der Waals surface area contributed by atoms with E-state index in [-0.39, 0.29) is 23.8 Å². The summed E-state index contributed by atoms with van der Waals surface area (Å²) < 4.78 is 57.6. The third-order valence-corrected chi connectivity index (χ3v) is 3.88. The zero-order chi connectivity index (χ0) is 18.0. The molecule has 1 unspecified atom stereocenters. The lowest BCUT2D eigenvalue weighted by Gasteiger charge is -2.29. The van der Waals surface area contributed by atoms with Crippen molar-refractivity contribution in [3.05, 3.63) is 53.4 Å². The van der Waals surface area contributed by atoms with E-state index in [0.717, 1.165) is 18.2 Å². The Kier molecular flexibility index (Phi) is 4.91. The molecule has 24 heavy (non-hydrogen) atoms. The van der Waals surface area contributed by atoms with E-state index in [1.54, 1.807) is 0 Å². The molecule has 0 amide bonds. The van der Waals surface area contributed by atoms with Crippen molar-refractivity contribution in [1.29, 1.82) is 0 Å². The average molecular weight is 342 g/mol. The second kappa shape index (κ2) is 6.59. The van der Waals surface area contributed by atoms with Crippen molar-refractivity contribution < 1.29 is 31.9 Å². The highest BCUT2D eigenvalue weighted by Crippen LogP contribution is 2.44. The van der Waals surface area contributed by atoms with Gasteiger partial charge in [0.05, 0.1) is 13.5 Å². The Bertz CT molecular complexity index is 719. The zero-order valence-electron chi connectivity index (χ0n) is 12.7. The summed E-state index contributed by atoms with van der Waals surface area (Å²) >= 11 is 0. The van der Waals surface area contributed by atoms with Crippen molar-refractivity contribution in [3.63, 3.8) is 0 Å². The van der Waals surface area contributed by atoms with Crippen molar-refractivity contribution in [2.75, 3.05) is 7.11 Å². The first-order valence-corrected chi connectivity index (χ1v) is 7.00. The molecule has 0 heterocycles. The quantitative estimate of drug-likeness (QED) is 0.477. The Morgan fingerprint density at radius 2 is 2.08 bits per heavy atom. The van der Waals surface area contributed by atoms with Crippen LogP contribution in [0.4, 0.5) is 17.6 Å². The Labute approximate surface area is 135 Å². The van der Waals surface area contributed by atoms with Crippen LogP contribution in [0.15, 0.2) is 36.4 Å². The molecule has 7 heteroatoms. The number of carbonyl (C=O) groups is 2. The first kappa shape index (κ1) is 17.9. The van der Waals surface area contributed by atoms with Crippen LogP contribution in [0.3, 0.4) is 0 Å². The van der Waals surface area contributed by atoms with Gasteiger partial charge < -0.3 is 9.53 Å². The Morgan fingerprint density at radius 3 is 2.58 bits per heavy atom. The number of alkyl halides is 3. The Morgan fingerprint density at radius 1 is 1.38 bits per heavy atom. The van der Waals surface area contributed by atoms with Crippen molar-refractivity contribution in [2.45, 2.75) is 19.0 Å². The molecule has 1 aromatic rings. The third kappa shape index (κ3) is 3.39. The minimum absolute atomic E-state index is 0.0642. The van der Waals surface area contributed by atoms with E-state index in [9.17, 15) is 27.2 Å². The summed E-state index contributed by atoms with van der Waals surface area (Å²) in [6, 6.07) is 3.91. The Hall–Kier alpha value is -2.44. The molecule has 0 N–H and O–H groups in total. The lowest BCUT2D eigenvalue weighted by atomic mass is 9.79. The Balaban J connectivity index is 2.32. The molecular formula is C17H14F4O3. The molecule has 0 saturated heterocycles. The van der Waals surface area contributed by atoms with E-state index < -0.39 is 29.8 Å². The van der Waals surface area contributed by atoms with Crippen molar-refractivity contribution in [1.82, 2.24) is 0 Å². The fourth-order valence-electron chi connectivity index (χ4n) is 2.36. The van der Waals surface area contributed by atoms with E-state index in [0.29, 0.717) is 5.56 Å². The summed E-state index contributed by atoms with van der Waals surface area (Å²) in [4.78, 5) is 22.2. The van der Waals surface area contributed by atoms with Gasteiger partial charge in [-0.3, -0.25) is 4.79 Å². The molecule has 0 aromatic heterocycles. The molecule has 0 saturated carbocycles. The van der Waals surface area contributed by atoms with Gasteiger partial charge in [0.1, 0.15) is 17.5 Å². The molecule has 0 aliphatic heterocycles. The van der Waals surface area contributed by atoms with Crippen LogP contribution < -0.4 is 0 Å². The summed E-state index contributed by atoms with van der Waals surface area (Å²) in [6.45, 7) is 0. The van der Waals surface area contributed by atoms with Crippen LogP contribution in [-0.4, -0.2) is 25.5 Å². The van der Waals surface area contributed by atoms with Crippen LogP contribution in [0.25, 0.3) is 5.57 Å². The first-order valence-electron chi connectivity index (χ1n) is 7.00. The van der Waals surface area contributed by atoms with Crippen LogP contribution in [0, 0.1) is 11.2 Å². The molecule has 0 bridgehead atoms. The standard InChI is InChI=1S/C17H14F4O3/c1-24-15(23)9-11-2-3-14(18)13(8-11)12-4-6-16(10-22,7-5-12)17(19,20)21/h2-6,8,10H,7,9H2,1H3. The van der Waals surface area contributed by atoms with Gasteiger partial charge in [0, 0.05) is 5.56 Å². The van der Waals surface area contributed by atoms with Gasteiger partial charge in [0.2, 0.25) is 0 Å². The molecule has 0 fully saturated rings. The maximum absolute atomic E-state index is 14.0. The summed E-state index contributed by atoms with van der Waals surface area (Å²) in [5.41, 5.74) is -1.83. The predicted octanol–water partition coefficient (Wildman–Crippen LogP) is 3.63. The van der Waals surface area contributed by atoms with Crippen molar-refractivity contribution >= 4 is 17.8 Å². The molecule has 1 aliphatic rings. The van der Waals surface area contributed by atoms with E-state index >= 15 is 0 Å². The SMILES string of the molecule is COC(=O)Cc1ccc(F)c(C2=CCC(C=O)(C(F)(F)F)C=C2)c1. The number of ether oxygens (including phenoxy) is 1. The third-order valence-electron chi connectivity index (χ3n) is 3.88. The van der Waals surface area contributed by atoms with Gasteiger partial charge in [-0.25, -0.2) is 4.39 Å². The van der Waals surface area contributed by atoms with Gasteiger partial charge in [0.25, 0.3) is 0 Å². The van der Waals surface area contributed by atoms with Gasteiger partial charge in [-0.15, -0.1) is 0 Å².